The number of hydrogen-bond donors (Lipinski definition) is 2. The highest BCUT2D eigenvalue weighted by Gasteiger charge is 2.44. The van der Waals surface area contributed by atoms with Gasteiger partial charge in [0.1, 0.15) is 30.6 Å². The normalized spacial score (nSPS) is 19.8. The lowest BCUT2D eigenvalue weighted by atomic mass is 10.0. The minimum atomic E-state index is -4.29. The molecule has 248 valence electrons. The van der Waals surface area contributed by atoms with E-state index < -0.39 is 19.5 Å². The molecular formula is C33H56N5O5P. The molecule has 1 saturated heterocycles. The SMILES string of the molecule is CCCCCCCCCCCCCCCCCCCCCOP(=O)(O)OCC1(C#N)CCC(c2ccc3c(N)ncnn23)O1. The van der Waals surface area contributed by atoms with Crippen molar-refractivity contribution in [2.75, 3.05) is 18.9 Å². The van der Waals surface area contributed by atoms with E-state index in [0.717, 1.165) is 18.5 Å². The molecule has 0 amide bonds. The highest BCUT2D eigenvalue weighted by atomic mass is 31.2. The van der Waals surface area contributed by atoms with Crippen LogP contribution in [0.3, 0.4) is 0 Å². The smallest absolute Gasteiger partial charge is 0.382 e. The van der Waals surface area contributed by atoms with Crippen molar-refractivity contribution < 1.29 is 23.2 Å². The zero-order valence-corrected chi connectivity index (χ0v) is 27.9. The van der Waals surface area contributed by atoms with Gasteiger partial charge in [-0.3, -0.25) is 9.05 Å². The second-order valence-electron chi connectivity index (χ2n) is 12.4. The molecule has 1 aliphatic rings. The Morgan fingerprint density at radius 1 is 0.955 bits per heavy atom. The van der Waals surface area contributed by atoms with E-state index >= 15 is 0 Å². The van der Waals surface area contributed by atoms with Crippen LogP contribution in [0.5, 0.6) is 0 Å². The van der Waals surface area contributed by atoms with Crippen LogP contribution in [0.15, 0.2) is 18.5 Å². The van der Waals surface area contributed by atoms with Crippen molar-refractivity contribution in [3.63, 3.8) is 0 Å². The predicted molar refractivity (Wildman–Crippen MR) is 174 cm³/mol. The van der Waals surface area contributed by atoms with E-state index in [4.69, 9.17) is 19.5 Å². The zero-order valence-electron chi connectivity index (χ0n) is 27.0. The van der Waals surface area contributed by atoms with Gasteiger partial charge >= 0.3 is 7.82 Å². The highest BCUT2D eigenvalue weighted by molar-refractivity contribution is 7.47. The van der Waals surface area contributed by atoms with Crippen molar-refractivity contribution in [3.05, 3.63) is 24.2 Å². The first-order valence-corrected chi connectivity index (χ1v) is 18.7. The molecule has 0 bridgehead atoms. The number of nitrogen functional groups attached to an aromatic ring is 1. The first-order chi connectivity index (χ1) is 21.4. The monoisotopic (exact) mass is 633 g/mol. The van der Waals surface area contributed by atoms with Gasteiger partial charge in [-0.2, -0.15) is 10.4 Å². The van der Waals surface area contributed by atoms with Crippen molar-refractivity contribution in [1.82, 2.24) is 14.6 Å². The van der Waals surface area contributed by atoms with Crippen molar-refractivity contribution in [2.24, 2.45) is 0 Å². The summed E-state index contributed by atoms with van der Waals surface area (Å²) in [5, 5.41) is 14.0. The lowest BCUT2D eigenvalue weighted by Crippen LogP contribution is -2.32. The molecule has 0 radical (unpaired) electrons. The molecule has 3 unspecified atom stereocenters. The topological polar surface area (TPSA) is 145 Å². The molecule has 0 aromatic carbocycles. The maximum Gasteiger partial charge on any atom is 0.472 e. The zero-order chi connectivity index (χ0) is 31.5. The van der Waals surface area contributed by atoms with Gasteiger partial charge in [0.15, 0.2) is 11.4 Å². The predicted octanol–water partition coefficient (Wildman–Crippen LogP) is 8.99. The lowest BCUT2D eigenvalue weighted by Gasteiger charge is -2.23. The van der Waals surface area contributed by atoms with Crippen molar-refractivity contribution in [1.29, 1.82) is 5.26 Å². The highest BCUT2D eigenvalue weighted by Crippen LogP contribution is 2.47. The number of anilines is 1. The van der Waals surface area contributed by atoms with Gasteiger partial charge in [-0.1, -0.05) is 122 Å². The average molecular weight is 634 g/mol. The van der Waals surface area contributed by atoms with E-state index in [1.165, 1.54) is 109 Å². The van der Waals surface area contributed by atoms with Crippen LogP contribution in [-0.2, 0) is 18.3 Å². The van der Waals surface area contributed by atoms with Gasteiger partial charge in [0, 0.05) is 0 Å². The summed E-state index contributed by atoms with van der Waals surface area (Å²) in [6, 6.07) is 5.76. The maximum atomic E-state index is 12.5. The molecule has 3 atom stereocenters. The molecule has 3 heterocycles. The number of phosphoric ester groups is 1. The second-order valence-corrected chi connectivity index (χ2v) is 13.8. The molecule has 1 aliphatic heterocycles. The molecule has 2 aromatic rings. The van der Waals surface area contributed by atoms with Gasteiger partial charge in [-0.15, -0.1) is 0 Å². The van der Waals surface area contributed by atoms with Crippen LogP contribution in [-0.4, -0.2) is 38.3 Å². The Kier molecular flexibility index (Phi) is 16.7. The molecule has 0 saturated carbocycles. The van der Waals surface area contributed by atoms with Gasteiger partial charge in [0.05, 0.1) is 12.3 Å². The number of nitrogens with two attached hydrogens (primary N) is 1. The molecule has 0 spiro atoms. The van der Waals surface area contributed by atoms with Gasteiger partial charge in [-0.05, 0) is 31.4 Å². The Morgan fingerprint density at radius 2 is 1.50 bits per heavy atom. The van der Waals surface area contributed by atoms with Crippen LogP contribution in [0.25, 0.3) is 5.52 Å². The van der Waals surface area contributed by atoms with Crippen molar-refractivity contribution in [2.45, 2.75) is 153 Å². The second kappa shape index (κ2) is 20.2. The number of aromatic nitrogens is 3. The molecule has 10 nitrogen and oxygen atoms in total. The summed E-state index contributed by atoms with van der Waals surface area (Å²) in [5.74, 6) is 0.350. The largest absolute Gasteiger partial charge is 0.472 e. The molecular weight excluding hydrogens is 577 g/mol. The number of fused-ring (bicyclic) bond motifs is 1. The maximum absolute atomic E-state index is 12.5. The fourth-order valence-corrected chi connectivity index (χ4v) is 6.79. The first kappa shape index (κ1) is 36.4. The Hall–Kier alpha value is -2.02. The third-order valence-corrected chi connectivity index (χ3v) is 9.65. The van der Waals surface area contributed by atoms with E-state index in [-0.39, 0.29) is 13.2 Å². The third-order valence-electron chi connectivity index (χ3n) is 8.69. The number of ether oxygens (including phenoxy) is 1. The summed E-state index contributed by atoms with van der Waals surface area (Å²) in [5.41, 5.74) is 5.96. The van der Waals surface area contributed by atoms with Gasteiger partial charge in [0.25, 0.3) is 0 Å². The number of phosphoric acid groups is 1. The van der Waals surface area contributed by atoms with E-state index in [0.29, 0.717) is 30.6 Å². The molecule has 1 fully saturated rings. The third kappa shape index (κ3) is 12.8. The van der Waals surface area contributed by atoms with E-state index in [9.17, 15) is 14.7 Å². The molecule has 3 rings (SSSR count). The minimum Gasteiger partial charge on any atom is -0.382 e. The number of hydrogen-bond acceptors (Lipinski definition) is 8. The number of nitrogens with zero attached hydrogens (tertiary/aromatic N) is 4. The van der Waals surface area contributed by atoms with Gasteiger partial charge < -0.3 is 15.4 Å². The number of rotatable bonds is 25. The summed E-state index contributed by atoms with van der Waals surface area (Å²) in [6.07, 6.45) is 26.3. The minimum absolute atomic E-state index is 0.146. The summed E-state index contributed by atoms with van der Waals surface area (Å²) < 4.78 is 30.5. The summed E-state index contributed by atoms with van der Waals surface area (Å²) in [7, 11) is -4.29. The van der Waals surface area contributed by atoms with E-state index in [1.807, 2.05) is 6.07 Å². The standard InChI is InChI=1S/C33H56N5O5P/c1-2-3-4-5-6-7-8-9-10-11-12-13-14-15-16-17-18-19-20-25-41-44(39,40)42-27-33(26-34)24-23-31(43-33)29-21-22-30-32(35)36-28-37-38(29)30/h21-22,28,31H,2-20,23-25,27H2,1H3,(H,39,40)(H2,35,36,37). The van der Waals surface area contributed by atoms with Gasteiger partial charge in [0.2, 0.25) is 0 Å². The van der Waals surface area contributed by atoms with Crippen LogP contribution in [0.1, 0.15) is 154 Å². The van der Waals surface area contributed by atoms with Crippen molar-refractivity contribution in [3.8, 4) is 6.07 Å². The number of unbranched alkanes of at least 4 members (excludes halogenated alkanes) is 18. The lowest BCUT2D eigenvalue weighted by molar-refractivity contribution is -0.0397. The van der Waals surface area contributed by atoms with Gasteiger partial charge in [-0.25, -0.2) is 14.1 Å². The fourth-order valence-electron chi connectivity index (χ4n) is 5.98. The summed E-state index contributed by atoms with van der Waals surface area (Å²) >= 11 is 0. The molecule has 2 aromatic heterocycles. The van der Waals surface area contributed by atoms with E-state index in [2.05, 4.69) is 23.1 Å². The Morgan fingerprint density at radius 3 is 2.05 bits per heavy atom. The van der Waals surface area contributed by atoms with Crippen LogP contribution in [0.4, 0.5) is 5.82 Å². The molecule has 3 N–H and O–H groups in total. The van der Waals surface area contributed by atoms with Crippen LogP contribution in [0, 0.1) is 11.3 Å². The molecule has 11 heteroatoms. The first-order valence-electron chi connectivity index (χ1n) is 17.2. The number of nitriles is 1. The molecule has 0 aliphatic carbocycles. The van der Waals surface area contributed by atoms with Crippen LogP contribution in [0.2, 0.25) is 0 Å². The average Bonchev–Trinajstić information content (AvgIpc) is 3.65. The molecule has 44 heavy (non-hydrogen) atoms. The summed E-state index contributed by atoms with van der Waals surface area (Å²) in [4.78, 5) is 14.2. The Bertz CT molecular complexity index is 1170. The van der Waals surface area contributed by atoms with E-state index in [1.54, 1.807) is 10.6 Å². The quantitative estimate of drug-likeness (QED) is 0.0808. The van der Waals surface area contributed by atoms with Crippen LogP contribution >= 0.6 is 7.82 Å². The summed E-state index contributed by atoms with van der Waals surface area (Å²) in [6.45, 7) is 2.07. The fraction of sp³-hybridized carbons (Fsp3) is 0.788. The Labute approximate surface area is 264 Å². The Balaban J connectivity index is 1.16. The van der Waals surface area contributed by atoms with Crippen molar-refractivity contribution >= 4 is 19.2 Å². The van der Waals surface area contributed by atoms with Crippen LogP contribution < -0.4 is 5.73 Å².